The van der Waals surface area contributed by atoms with E-state index in [0.717, 1.165) is 12.4 Å². The van der Waals surface area contributed by atoms with Gasteiger partial charge in [-0.2, -0.15) is 37.2 Å². The van der Waals surface area contributed by atoms with Crippen molar-refractivity contribution in [1.29, 1.82) is 0 Å². The summed E-state index contributed by atoms with van der Waals surface area (Å²) in [7, 11) is 0. The summed E-state index contributed by atoms with van der Waals surface area (Å²) >= 11 is 12.1. The van der Waals surface area contributed by atoms with Gasteiger partial charge in [0, 0.05) is 24.2 Å². The molecule has 214 valence electrons. The summed E-state index contributed by atoms with van der Waals surface area (Å²) in [5, 5.41) is 31.8. The van der Waals surface area contributed by atoms with Crippen LogP contribution in [-0.4, -0.2) is 53.0 Å². The van der Waals surface area contributed by atoms with Crippen molar-refractivity contribution in [2.75, 3.05) is 6.61 Å². The van der Waals surface area contributed by atoms with Crippen LogP contribution in [0.4, 0.5) is 22.0 Å². The molecule has 0 radical (unpaired) electrons. The maximum atomic E-state index is 15.2. The first-order chi connectivity index (χ1) is 19.6. The van der Waals surface area contributed by atoms with E-state index in [1.807, 2.05) is 0 Å². The number of alkyl halides is 4. The third-order valence-electron chi connectivity index (χ3n) is 5.96. The van der Waals surface area contributed by atoms with Crippen LogP contribution >= 0.6 is 23.2 Å². The molecule has 1 unspecified atom stereocenters. The van der Waals surface area contributed by atoms with Crippen molar-refractivity contribution in [3.63, 3.8) is 0 Å². The predicted molar refractivity (Wildman–Crippen MR) is 133 cm³/mol. The van der Waals surface area contributed by atoms with Crippen molar-refractivity contribution >= 4 is 23.2 Å². The number of hydrogen-bond acceptors (Lipinski definition) is 7. The molecule has 0 aliphatic rings. The maximum absolute atomic E-state index is 15.2. The number of tetrazole rings is 1. The molecule has 0 aliphatic heterocycles. The van der Waals surface area contributed by atoms with Crippen molar-refractivity contribution < 1.29 is 31.4 Å². The van der Waals surface area contributed by atoms with Crippen molar-refractivity contribution in [2.24, 2.45) is 0 Å². The van der Waals surface area contributed by atoms with Crippen molar-refractivity contribution in [1.82, 2.24) is 39.8 Å². The number of halogens is 7. The highest BCUT2D eigenvalue weighted by molar-refractivity contribution is 6.33. The van der Waals surface area contributed by atoms with Gasteiger partial charge >= 0.3 is 13.2 Å². The molecular formula is C23H16Cl2F5N9O2. The van der Waals surface area contributed by atoms with Crippen LogP contribution in [0.5, 0.6) is 0 Å². The largest absolute Gasteiger partial charge is 0.618 e. The molecule has 4 aromatic heterocycles. The van der Waals surface area contributed by atoms with Gasteiger partial charge in [-0.15, -0.1) is 5.10 Å². The van der Waals surface area contributed by atoms with Gasteiger partial charge in [0.2, 0.25) is 5.69 Å². The molecule has 41 heavy (non-hydrogen) atoms. The highest BCUT2D eigenvalue weighted by Gasteiger charge is 2.27. The molecule has 5 aromatic rings. The van der Waals surface area contributed by atoms with E-state index < -0.39 is 31.6 Å². The molecule has 5 rings (SSSR count). The van der Waals surface area contributed by atoms with E-state index in [1.54, 1.807) is 0 Å². The Labute approximate surface area is 236 Å². The summed E-state index contributed by atoms with van der Waals surface area (Å²) in [5.41, 5.74) is 0.500. The quantitative estimate of drug-likeness (QED) is 0.122. The van der Waals surface area contributed by atoms with Crippen LogP contribution in [0, 0.1) is 11.0 Å². The molecule has 0 fully saturated rings. The third kappa shape index (κ3) is 5.84. The molecule has 0 aliphatic carbocycles. The van der Waals surface area contributed by atoms with Crippen LogP contribution in [0.15, 0.2) is 55.4 Å². The van der Waals surface area contributed by atoms with Crippen LogP contribution in [-0.2, 0) is 4.74 Å². The summed E-state index contributed by atoms with van der Waals surface area (Å²) in [4.78, 5) is 0. The van der Waals surface area contributed by atoms with Gasteiger partial charge in [0.1, 0.15) is 18.1 Å². The number of nitrogens with zero attached hydrogens (tertiary/aromatic N) is 9. The Bertz CT molecular complexity index is 1660. The number of ether oxygens (including phenoxy) is 1. The van der Waals surface area contributed by atoms with Gasteiger partial charge in [0.15, 0.2) is 12.0 Å². The van der Waals surface area contributed by atoms with Crippen LogP contribution in [0.2, 0.25) is 10.0 Å². The van der Waals surface area contributed by atoms with E-state index in [2.05, 4.69) is 30.5 Å². The fourth-order valence-electron chi connectivity index (χ4n) is 4.16. The zero-order valence-corrected chi connectivity index (χ0v) is 21.8. The number of hydrogen-bond donors (Lipinski definition) is 0. The third-order valence-corrected chi connectivity index (χ3v) is 6.53. The first kappa shape index (κ1) is 28.4. The van der Waals surface area contributed by atoms with Gasteiger partial charge in [-0.05, 0) is 28.6 Å². The van der Waals surface area contributed by atoms with Crippen LogP contribution < -0.4 is 4.73 Å². The average Bonchev–Trinajstić information content (AvgIpc) is 3.70. The van der Waals surface area contributed by atoms with Crippen molar-refractivity contribution in [3.8, 4) is 28.1 Å². The van der Waals surface area contributed by atoms with Crippen LogP contribution in [0.25, 0.3) is 28.1 Å². The van der Waals surface area contributed by atoms with Gasteiger partial charge in [-0.1, -0.05) is 23.2 Å². The summed E-state index contributed by atoms with van der Waals surface area (Å²) in [6.45, 7) is -6.45. The predicted octanol–water partition coefficient (Wildman–Crippen LogP) is 5.08. The zero-order valence-electron chi connectivity index (χ0n) is 20.3. The number of benzene rings is 1. The first-order valence-corrected chi connectivity index (χ1v) is 12.3. The highest BCUT2D eigenvalue weighted by Crippen LogP contribution is 2.34. The SMILES string of the molecule is [O-][n+]1cc(-c2c(-n3cnnn3)ccc(Cl)c2F)ccc1C(CCOC(F)F)n1cc(-c2nn(C(F)F)cc2Cl)cn1. The number of pyridine rings is 1. The Balaban J connectivity index is 1.54. The molecule has 18 heteroatoms. The number of aromatic nitrogens is 9. The van der Waals surface area contributed by atoms with Gasteiger partial charge in [0.25, 0.3) is 0 Å². The molecule has 11 nitrogen and oxygen atoms in total. The average molecular weight is 616 g/mol. The molecule has 1 aromatic carbocycles. The minimum atomic E-state index is -3.06. The van der Waals surface area contributed by atoms with Gasteiger partial charge in [0.05, 0.1) is 45.9 Å². The monoisotopic (exact) mass is 615 g/mol. The lowest BCUT2D eigenvalue weighted by atomic mass is 10.0. The fourth-order valence-corrected chi connectivity index (χ4v) is 4.56. The first-order valence-electron chi connectivity index (χ1n) is 11.6. The van der Waals surface area contributed by atoms with E-state index in [1.165, 1.54) is 52.4 Å². The Kier molecular flexibility index (Phi) is 8.14. The lowest BCUT2D eigenvalue weighted by Gasteiger charge is -2.18. The summed E-state index contributed by atoms with van der Waals surface area (Å²) in [6, 6.07) is 4.59. The highest BCUT2D eigenvalue weighted by atomic mass is 35.5. The topological polar surface area (TPSA) is 115 Å². The molecule has 0 spiro atoms. The standard InChI is InChI=1S/C23H16Cl2F5N9O2/c24-14-2-4-18(38-11-31-34-35-38)19(20(14)26)12-1-3-17(39(40)9-12)16(5-6-41-23(29)30)36-8-13(7-32-36)21-15(25)10-37(33-21)22(27)28/h1-4,7-11,16,22-23H,5-6H2. The summed E-state index contributed by atoms with van der Waals surface area (Å²) in [6.07, 6.45) is 5.75. The Morgan fingerprint density at radius 1 is 1.00 bits per heavy atom. The minimum Gasteiger partial charge on any atom is -0.618 e. The van der Waals surface area contributed by atoms with E-state index in [4.69, 9.17) is 23.2 Å². The van der Waals surface area contributed by atoms with E-state index >= 15 is 4.39 Å². The molecule has 1 atom stereocenters. The summed E-state index contributed by atoms with van der Waals surface area (Å²) < 4.78 is 74.3. The Hall–Kier alpha value is -4.15. The lowest BCUT2D eigenvalue weighted by molar-refractivity contribution is -0.615. The number of rotatable bonds is 10. The van der Waals surface area contributed by atoms with Gasteiger partial charge in [-0.3, -0.25) is 4.68 Å². The smallest absolute Gasteiger partial charge is 0.345 e. The Morgan fingerprint density at radius 3 is 2.46 bits per heavy atom. The minimum absolute atomic E-state index is 0.00212. The molecule has 0 saturated heterocycles. The molecule has 0 saturated carbocycles. The van der Waals surface area contributed by atoms with Crippen molar-refractivity contribution in [3.05, 3.63) is 82.1 Å². The summed E-state index contributed by atoms with van der Waals surface area (Å²) in [5.74, 6) is -0.828. The normalized spacial score (nSPS) is 12.5. The zero-order chi connectivity index (χ0) is 29.3. The molecule has 0 N–H and O–H groups in total. The second kappa shape index (κ2) is 11.8. The fraction of sp³-hybridized carbons (Fsp3) is 0.217. The molecular weight excluding hydrogens is 600 g/mol. The van der Waals surface area contributed by atoms with E-state index in [-0.39, 0.29) is 50.2 Å². The van der Waals surface area contributed by atoms with E-state index in [9.17, 15) is 22.8 Å². The van der Waals surface area contributed by atoms with Gasteiger partial charge in [-0.25, -0.2) is 9.07 Å². The molecule has 0 amide bonds. The molecule has 0 bridgehead atoms. The van der Waals surface area contributed by atoms with E-state index in [0.29, 0.717) is 9.41 Å². The van der Waals surface area contributed by atoms with Gasteiger partial charge < -0.3 is 9.94 Å². The Morgan fingerprint density at radius 2 is 1.80 bits per heavy atom. The van der Waals surface area contributed by atoms with Crippen LogP contribution in [0.1, 0.15) is 24.7 Å². The molecule has 4 heterocycles. The second-order valence-corrected chi connectivity index (χ2v) is 9.22. The lowest BCUT2D eigenvalue weighted by Crippen LogP contribution is -2.36. The van der Waals surface area contributed by atoms with Crippen molar-refractivity contribution in [2.45, 2.75) is 25.6 Å². The maximum Gasteiger partial charge on any atom is 0.345 e. The second-order valence-electron chi connectivity index (χ2n) is 8.41. The van der Waals surface area contributed by atoms with Crippen LogP contribution in [0.3, 0.4) is 0 Å².